The van der Waals surface area contributed by atoms with Crippen molar-refractivity contribution in [1.29, 1.82) is 0 Å². The van der Waals surface area contributed by atoms with E-state index in [-0.39, 0.29) is 24.0 Å². The molecule has 2 aromatic rings. The number of rotatable bonds is 10. The van der Waals surface area contributed by atoms with Crippen molar-refractivity contribution in [2.24, 2.45) is 0 Å². The van der Waals surface area contributed by atoms with Crippen LogP contribution in [0, 0.1) is 0 Å². The maximum absolute atomic E-state index is 13.2. The van der Waals surface area contributed by atoms with Crippen LogP contribution in [0.4, 0.5) is 0 Å². The Bertz CT molecular complexity index is 1060. The van der Waals surface area contributed by atoms with Gasteiger partial charge in [0.1, 0.15) is 23.0 Å². The number of nitrogens with zero attached hydrogens (tertiary/aromatic N) is 1. The van der Waals surface area contributed by atoms with Gasteiger partial charge in [0.05, 0.1) is 31.9 Å². The zero-order valence-corrected chi connectivity index (χ0v) is 20.2. The lowest BCUT2D eigenvalue weighted by molar-refractivity contribution is -0.140. The van der Waals surface area contributed by atoms with Gasteiger partial charge in [-0.1, -0.05) is 0 Å². The first-order chi connectivity index (χ1) is 16.3. The Morgan fingerprint density at radius 3 is 2.26 bits per heavy atom. The van der Waals surface area contributed by atoms with Crippen molar-refractivity contribution in [3.8, 4) is 17.2 Å². The van der Waals surface area contributed by atoms with Gasteiger partial charge >= 0.3 is 0 Å². The molecule has 0 aromatic heterocycles. The van der Waals surface area contributed by atoms with Crippen molar-refractivity contribution in [2.45, 2.75) is 32.4 Å². The highest BCUT2D eigenvalue weighted by Gasteiger charge is 2.47. The Kier molecular flexibility index (Phi) is 8.17. The number of aliphatic hydroxyl groups excluding tert-OH is 1. The van der Waals surface area contributed by atoms with Crippen LogP contribution in [-0.4, -0.2) is 62.3 Å². The lowest BCUT2D eigenvalue weighted by atomic mass is 9.94. The third kappa shape index (κ3) is 5.17. The quantitative estimate of drug-likeness (QED) is 0.244. The topological polar surface area (TPSA) is 94.5 Å². The maximum Gasteiger partial charge on any atom is 0.295 e. The number of hydrogen-bond acceptors (Lipinski definition) is 7. The minimum absolute atomic E-state index is 0.00241. The van der Waals surface area contributed by atoms with E-state index in [4.69, 9.17) is 18.9 Å². The van der Waals surface area contributed by atoms with E-state index in [0.29, 0.717) is 41.4 Å². The summed E-state index contributed by atoms with van der Waals surface area (Å²) in [5, 5.41) is 11.2. The first-order valence-corrected chi connectivity index (χ1v) is 11.1. The van der Waals surface area contributed by atoms with E-state index in [0.717, 1.165) is 0 Å². The van der Waals surface area contributed by atoms with Gasteiger partial charge < -0.3 is 29.0 Å². The number of amides is 1. The van der Waals surface area contributed by atoms with Crippen molar-refractivity contribution in [3.05, 3.63) is 59.2 Å². The van der Waals surface area contributed by atoms with E-state index in [1.54, 1.807) is 49.6 Å². The second-order valence-corrected chi connectivity index (χ2v) is 8.14. The van der Waals surface area contributed by atoms with Gasteiger partial charge in [-0.05, 0) is 62.7 Å². The second kappa shape index (κ2) is 11.1. The fourth-order valence-corrected chi connectivity index (χ4v) is 3.99. The summed E-state index contributed by atoms with van der Waals surface area (Å²) in [4.78, 5) is 27.7. The molecule has 1 aliphatic heterocycles. The van der Waals surface area contributed by atoms with E-state index in [1.807, 2.05) is 13.8 Å². The number of benzene rings is 2. The molecule has 1 fully saturated rings. The van der Waals surface area contributed by atoms with Gasteiger partial charge in [-0.15, -0.1) is 0 Å². The molecule has 8 heteroatoms. The molecular formula is C26H31NO7. The first-order valence-electron chi connectivity index (χ1n) is 11.1. The number of ether oxygens (including phenoxy) is 4. The van der Waals surface area contributed by atoms with E-state index in [9.17, 15) is 14.7 Å². The summed E-state index contributed by atoms with van der Waals surface area (Å²) >= 11 is 0. The van der Waals surface area contributed by atoms with Crippen LogP contribution in [0.1, 0.15) is 37.4 Å². The highest BCUT2D eigenvalue weighted by molar-refractivity contribution is 6.46. The lowest BCUT2D eigenvalue weighted by Crippen LogP contribution is -2.31. The molecule has 34 heavy (non-hydrogen) atoms. The molecule has 0 spiro atoms. The Morgan fingerprint density at radius 2 is 1.68 bits per heavy atom. The van der Waals surface area contributed by atoms with Crippen LogP contribution in [0.2, 0.25) is 0 Å². The number of hydrogen-bond donors (Lipinski definition) is 1. The molecule has 0 aliphatic carbocycles. The fourth-order valence-electron chi connectivity index (χ4n) is 3.99. The zero-order valence-electron chi connectivity index (χ0n) is 20.2. The largest absolute Gasteiger partial charge is 0.507 e. The highest BCUT2D eigenvalue weighted by Crippen LogP contribution is 2.44. The van der Waals surface area contributed by atoms with Crippen molar-refractivity contribution < 1.29 is 33.6 Å². The molecule has 0 radical (unpaired) electrons. The van der Waals surface area contributed by atoms with Crippen molar-refractivity contribution in [3.63, 3.8) is 0 Å². The van der Waals surface area contributed by atoms with Crippen LogP contribution in [0.5, 0.6) is 17.2 Å². The van der Waals surface area contributed by atoms with Gasteiger partial charge in [0.25, 0.3) is 11.7 Å². The molecule has 0 saturated carbocycles. The monoisotopic (exact) mass is 469 g/mol. The van der Waals surface area contributed by atoms with Crippen LogP contribution >= 0.6 is 0 Å². The molecule has 1 aliphatic rings. The fraction of sp³-hybridized carbons (Fsp3) is 0.385. The third-order valence-electron chi connectivity index (χ3n) is 5.52. The second-order valence-electron chi connectivity index (χ2n) is 8.14. The maximum atomic E-state index is 13.2. The van der Waals surface area contributed by atoms with Gasteiger partial charge in [-0.25, -0.2) is 0 Å². The van der Waals surface area contributed by atoms with Crippen molar-refractivity contribution in [1.82, 2.24) is 4.90 Å². The Labute approximate surface area is 199 Å². The minimum atomic E-state index is -0.853. The summed E-state index contributed by atoms with van der Waals surface area (Å²) < 4.78 is 21.7. The van der Waals surface area contributed by atoms with Gasteiger partial charge in [-0.3, -0.25) is 9.59 Å². The molecule has 8 nitrogen and oxygen atoms in total. The van der Waals surface area contributed by atoms with E-state index < -0.39 is 17.7 Å². The highest BCUT2D eigenvalue weighted by atomic mass is 16.5. The standard InChI is InChI=1S/C26H31NO7/c1-16(2)34-18-9-7-17(8-10-18)24(28)22-23(20-15-19(32-4)11-12-21(20)33-5)27(13-6-14-31-3)26(30)25(22)29/h7-12,15-16,23,28H,6,13-14H2,1-5H3/t23-/m0/s1. The third-order valence-corrected chi connectivity index (χ3v) is 5.52. The zero-order chi connectivity index (χ0) is 24.8. The van der Waals surface area contributed by atoms with Gasteiger partial charge in [0.15, 0.2) is 0 Å². The van der Waals surface area contributed by atoms with Crippen LogP contribution in [0.15, 0.2) is 48.0 Å². The van der Waals surface area contributed by atoms with Gasteiger partial charge in [0, 0.05) is 31.4 Å². The predicted molar refractivity (Wildman–Crippen MR) is 127 cm³/mol. The molecule has 3 rings (SSSR count). The summed E-state index contributed by atoms with van der Waals surface area (Å²) in [5.41, 5.74) is 0.934. The average Bonchev–Trinajstić information content (AvgIpc) is 3.08. The number of likely N-dealkylation sites (tertiary alicyclic amines) is 1. The van der Waals surface area contributed by atoms with Crippen molar-refractivity contribution >= 4 is 17.4 Å². The number of methoxy groups -OCH3 is 3. The van der Waals surface area contributed by atoms with E-state index in [1.165, 1.54) is 19.1 Å². The molecule has 1 atom stereocenters. The van der Waals surface area contributed by atoms with Gasteiger partial charge in [0.2, 0.25) is 0 Å². The number of aliphatic hydroxyl groups is 1. The van der Waals surface area contributed by atoms with Gasteiger partial charge in [-0.2, -0.15) is 0 Å². The van der Waals surface area contributed by atoms with Crippen LogP contribution < -0.4 is 14.2 Å². The molecular weight excluding hydrogens is 438 g/mol. The number of carbonyl (C=O) groups excluding carboxylic acids is 2. The molecule has 1 saturated heterocycles. The van der Waals surface area contributed by atoms with Crippen LogP contribution in [-0.2, 0) is 14.3 Å². The molecule has 2 aromatic carbocycles. The molecule has 0 unspecified atom stereocenters. The first kappa shape index (κ1) is 25.1. The predicted octanol–water partition coefficient (Wildman–Crippen LogP) is 3.95. The summed E-state index contributed by atoms with van der Waals surface area (Å²) in [6.07, 6.45) is 0.519. The summed E-state index contributed by atoms with van der Waals surface area (Å²) in [5.74, 6) is -0.0692. The van der Waals surface area contributed by atoms with Crippen LogP contribution in [0.3, 0.4) is 0 Å². The summed E-state index contributed by atoms with van der Waals surface area (Å²) in [6.45, 7) is 4.52. The Balaban J connectivity index is 2.15. The summed E-state index contributed by atoms with van der Waals surface area (Å²) in [6, 6.07) is 11.0. The Morgan fingerprint density at radius 1 is 1.00 bits per heavy atom. The molecule has 1 N–H and O–H groups in total. The Hall–Kier alpha value is -3.52. The normalized spacial score (nSPS) is 17.4. The number of Topliss-reactive ketones (excluding diaryl/α,β-unsaturated/α-hetero) is 1. The average molecular weight is 470 g/mol. The lowest BCUT2D eigenvalue weighted by Gasteiger charge is -2.27. The van der Waals surface area contributed by atoms with E-state index in [2.05, 4.69) is 0 Å². The number of ketones is 1. The molecule has 0 bridgehead atoms. The number of carbonyl (C=O) groups is 2. The van der Waals surface area contributed by atoms with Crippen molar-refractivity contribution in [2.75, 3.05) is 34.5 Å². The van der Waals surface area contributed by atoms with Crippen LogP contribution in [0.25, 0.3) is 5.76 Å². The molecule has 1 amide bonds. The molecule has 1 heterocycles. The summed E-state index contributed by atoms with van der Waals surface area (Å²) in [7, 11) is 4.61. The van der Waals surface area contributed by atoms with E-state index >= 15 is 0 Å². The smallest absolute Gasteiger partial charge is 0.295 e. The minimum Gasteiger partial charge on any atom is -0.507 e. The SMILES string of the molecule is COCCCN1C(=O)C(=O)C(=C(O)c2ccc(OC(C)C)cc2)[C@@H]1c1cc(OC)ccc1OC. The molecule has 182 valence electrons.